The number of aromatic nitrogens is 2. The molecule has 0 aliphatic rings. The van der Waals surface area contributed by atoms with Gasteiger partial charge in [0.05, 0.1) is 13.3 Å². The molecule has 23 heavy (non-hydrogen) atoms. The van der Waals surface area contributed by atoms with E-state index in [1.54, 1.807) is 18.0 Å². The van der Waals surface area contributed by atoms with Gasteiger partial charge in [-0.05, 0) is 23.3 Å². The van der Waals surface area contributed by atoms with Crippen molar-refractivity contribution in [1.29, 1.82) is 0 Å². The third-order valence-electron chi connectivity index (χ3n) is 3.70. The van der Waals surface area contributed by atoms with Crippen LogP contribution in [0.1, 0.15) is 5.56 Å². The number of nitrogens with two attached hydrogens (primary N) is 1. The van der Waals surface area contributed by atoms with Crippen LogP contribution in [0.15, 0.2) is 54.7 Å². The number of rotatable bonds is 5. The molecule has 5 heteroatoms. The van der Waals surface area contributed by atoms with Gasteiger partial charge < -0.3 is 15.2 Å². The molecule has 118 valence electrons. The molecule has 3 rings (SSSR count). The second kappa shape index (κ2) is 6.44. The lowest BCUT2D eigenvalue weighted by atomic mass is 10.1. The molecule has 2 aromatic carbocycles. The molecule has 0 atom stereocenters. The van der Waals surface area contributed by atoms with Crippen LogP contribution in [0.3, 0.4) is 0 Å². The van der Waals surface area contributed by atoms with Crippen LogP contribution in [0.4, 0.5) is 5.82 Å². The number of anilines is 1. The summed E-state index contributed by atoms with van der Waals surface area (Å²) in [6, 6.07) is 15.8. The summed E-state index contributed by atoms with van der Waals surface area (Å²) < 4.78 is 13.0. The van der Waals surface area contributed by atoms with Gasteiger partial charge in [0.2, 0.25) is 0 Å². The van der Waals surface area contributed by atoms with Gasteiger partial charge in [-0.15, -0.1) is 0 Å². The van der Waals surface area contributed by atoms with E-state index >= 15 is 0 Å². The largest absolute Gasteiger partial charge is 0.493 e. The number of benzene rings is 2. The van der Waals surface area contributed by atoms with Crippen molar-refractivity contribution < 1.29 is 9.47 Å². The maximum atomic E-state index is 6.03. The summed E-state index contributed by atoms with van der Waals surface area (Å²) in [6.45, 7) is 0.492. The molecule has 0 fully saturated rings. The predicted octanol–water partition coefficient (Wildman–Crippen LogP) is 3.26. The number of hydrogen-bond donors (Lipinski definition) is 1. The van der Waals surface area contributed by atoms with E-state index in [-0.39, 0.29) is 0 Å². The van der Waals surface area contributed by atoms with E-state index in [9.17, 15) is 0 Å². The molecule has 0 radical (unpaired) electrons. The summed E-state index contributed by atoms with van der Waals surface area (Å²) in [4.78, 5) is 0. The SMILES string of the molecule is COc1cc(-c2cnn(C)c2N)ccc1OCc1ccccc1. The van der Waals surface area contributed by atoms with E-state index < -0.39 is 0 Å². The van der Waals surface area contributed by atoms with E-state index in [2.05, 4.69) is 5.10 Å². The second-order valence-corrected chi connectivity index (χ2v) is 5.21. The molecule has 0 spiro atoms. The molecule has 0 aliphatic carbocycles. The van der Waals surface area contributed by atoms with Crippen molar-refractivity contribution in [1.82, 2.24) is 9.78 Å². The molecule has 0 amide bonds. The van der Waals surface area contributed by atoms with Crippen LogP contribution >= 0.6 is 0 Å². The van der Waals surface area contributed by atoms with Gasteiger partial charge in [0.25, 0.3) is 0 Å². The molecular formula is C18H19N3O2. The number of hydrogen-bond acceptors (Lipinski definition) is 4. The van der Waals surface area contributed by atoms with Crippen molar-refractivity contribution in [2.24, 2.45) is 7.05 Å². The van der Waals surface area contributed by atoms with Crippen molar-refractivity contribution in [2.45, 2.75) is 6.61 Å². The highest BCUT2D eigenvalue weighted by molar-refractivity contribution is 5.75. The number of nitrogen functional groups attached to an aromatic ring is 1. The molecule has 0 saturated carbocycles. The number of ether oxygens (including phenoxy) is 2. The first-order chi connectivity index (χ1) is 11.2. The minimum atomic E-state index is 0.492. The smallest absolute Gasteiger partial charge is 0.161 e. The topological polar surface area (TPSA) is 62.3 Å². The normalized spacial score (nSPS) is 10.5. The molecule has 1 heterocycles. The fourth-order valence-corrected chi connectivity index (χ4v) is 2.36. The molecule has 0 aliphatic heterocycles. The summed E-state index contributed by atoms with van der Waals surface area (Å²) in [5, 5.41) is 4.17. The zero-order valence-electron chi connectivity index (χ0n) is 13.2. The van der Waals surface area contributed by atoms with Gasteiger partial charge >= 0.3 is 0 Å². The lowest BCUT2D eigenvalue weighted by Gasteiger charge is -2.12. The minimum absolute atomic E-state index is 0.492. The van der Waals surface area contributed by atoms with Crippen LogP contribution in [0.5, 0.6) is 11.5 Å². The maximum absolute atomic E-state index is 6.03. The lowest BCUT2D eigenvalue weighted by molar-refractivity contribution is 0.284. The molecule has 3 aromatic rings. The Balaban J connectivity index is 1.84. The molecule has 0 bridgehead atoms. The summed E-state index contributed by atoms with van der Waals surface area (Å²) >= 11 is 0. The first-order valence-corrected chi connectivity index (χ1v) is 7.31. The first kappa shape index (κ1) is 15.0. The first-order valence-electron chi connectivity index (χ1n) is 7.31. The molecule has 5 nitrogen and oxygen atoms in total. The van der Waals surface area contributed by atoms with E-state index in [1.165, 1.54) is 0 Å². The van der Waals surface area contributed by atoms with Gasteiger partial charge in [-0.2, -0.15) is 5.10 Å². The fourth-order valence-electron chi connectivity index (χ4n) is 2.36. The molecule has 0 unspecified atom stereocenters. The fraction of sp³-hybridized carbons (Fsp3) is 0.167. The highest BCUT2D eigenvalue weighted by atomic mass is 16.5. The van der Waals surface area contributed by atoms with Gasteiger partial charge in [-0.25, -0.2) is 0 Å². The lowest BCUT2D eigenvalue weighted by Crippen LogP contribution is -1.99. The van der Waals surface area contributed by atoms with Gasteiger partial charge in [0, 0.05) is 12.6 Å². The van der Waals surface area contributed by atoms with Crippen molar-refractivity contribution in [2.75, 3.05) is 12.8 Å². The summed E-state index contributed by atoms with van der Waals surface area (Å²) in [6.07, 6.45) is 1.74. The van der Waals surface area contributed by atoms with Gasteiger partial charge in [0.1, 0.15) is 12.4 Å². The Morgan fingerprint density at radius 2 is 1.87 bits per heavy atom. The molecule has 0 saturated heterocycles. The van der Waals surface area contributed by atoms with Gasteiger partial charge in [-0.3, -0.25) is 4.68 Å². The molecule has 1 aromatic heterocycles. The monoisotopic (exact) mass is 309 g/mol. The van der Waals surface area contributed by atoms with Crippen LogP contribution in [0.2, 0.25) is 0 Å². The Hall–Kier alpha value is -2.95. The zero-order chi connectivity index (χ0) is 16.2. The summed E-state index contributed by atoms with van der Waals surface area (Å²) in [5.74, 6) is 1.98. The Morgan fingerprint density at radius 1 is 1.09 bits per heavy atom. The minimum Gasteiger partial charge on any atom is -0.493 e. The Morgan fingerprint density at radius 3 is 2.52 bits per heavy atom. The number of methoxy groups -OCH3 is 1. The number of nitrogens with zero attached hydrogens (tertiary/aromatic N) is 2. The van der Waals surface area contributed by atoms with Crippen molar-refractivity contribution in [3.05, 3.63) is 60.3 Å². The average molecular weight is 309 g/mol. The third-order valence-corrected chi connectivity index (χ3v) is 3.70. The van der Waals surface area contributed by atoms with Crippen molar-refractivity contribution in [3.63, 3.8) is 0 Å². The molecular weight excluding hydrogens is 290 g/mol. The number of aryl methyl sites for hydroxylation is 1. The van der Waals surface area contributed by atoms with Crippen LogP contribution in [-0.4, -0.2) is 16.9 Å². The summed E-state index contributed by atoms with van der Waals surface area (Å²) in [7, 11) is 3.44. The highest BCUT2D eigenvalue weighted by Gasteiger charge is 2.11. The summed E-state index contributed by atoms with van der Waals surface area (Å²) in [5.41, 5.74) is 8.95. The van der Waals surface area contributed by atoms with Gasteiger partial charge in [0.15, 0.2) is 11.5 Å². The highest BCUT2D eigenvalue weighted by Crippen LogP contribution is 2.34. The Bertz CT molecular complexity index is 797. The van der Waals surface area contributed by atoms with Crippen molar-refractivity contribution in [3.8, 4) is 22.6 Å². The van der Waals surface area contributed by atoms with Crippen LogP contribution in [0.25, 0.3) is 11.1 Å². The van der Waals surface area contributed by atoms with E-state index in [1.807, 2.05) is 55.6 Å². The maximum Gasteiger partial charge on any atom is 0.161 e. The zero-order valence-corrected chi connectivity index (χ0v) is 13.2. The van der Waals surface area contributed by atoms with E-state index in [4.69, 9.17) is 15.2 Å². The Labute approximate surface area is 135 Å². The molecule has 2 N–H and O–H groups in total. The standard InChI is InChI=1S/C18H19N3O2/c1-21-18(19)15(11-20-21)14-8-9-16(17(10-14)22-2)23-12-13-6-4-3-5-7-13/h3-11H,12,19H2,1-2H3. The van der Waals surface area contributed by atoms with Gasteiger partial charge in [-0.1, -0.05) is 36.4 Å². The van der Waals surface area contributed by atoms with Crippen LogP contribution in [-0.2, 0) is 13.7 Å². The van der Waals surface area contributed by atoms with Crippen LogP contribution < -0.4 is 15.2 Å². The Kier molecular flexibility index (Phi) is 4.19. The van der Waals surface area contributed by atoms with E-state index in [0.717, 1.165) is 16.7 Å². The van der Waals surface area contributed by atoms with Crippen molar-refractivity contribution >= 4 is 5.82 Å². The predicted molar refractivity (Wildman–Crippen MR) is 90.4 cm³/mol. The second-order valence-electron chi connectivity index (χ2n) is 5.21. The van der Waals surface area contributed by atoms with E-state index in [0.29, 0.717) is 23.9 Å². The van der Waals surface area contributed by atoms with Crippen LogP contribution in [0, 0.1) is 0 Å². The third kappa shape index (κ3) is 3.13. The quantitative estimate of drug-likeness (QED) is 0.786. The average Bonchev–Trinajstić information content (AvgIpc) is 2.93.